The highest BCUT2D eigenvalue weighted by atomic mass is 32.2. The Kier molecular flexibility index (Phi) is 6.54. The van der Waals surface area contributed by atoms with Crippen molar-refractivity contribution in [3.8, 4) is 0 Å². The topological polar surface area (TPSA) is 35.6 Å². The zero-order chi connectivity index (χ0) is 20.8. The van der Waals surface area contributed by atoms with Crippen molar-refractivity contribution in [1.82, 2.24) is 4.90 Å². The monoisotopic (exact) mass is 421 g/mol. The molecule has 3 aromatic rings. The Hall–Kier alpha value is -2.99. The summed E-state index contributed by atoms with van der Waals surface area (Å²) < 4.78 is 13.1. The van der Waals surface area contributed by atoms with Crippen LogP contribution in [0, 0.1) is 5.82 Å². The molecule has 0 atom stereocenters. The number of para-hydroxylation sites is 1. The van der Waals surface area contributed by atoms with E-state index >= 15 is 0 Å². The largest absolute Gasteiger partial charge is 0.375 e. The SMILES string of the molecule is O=C(CNc1ccccc1Sc1ccccc1)N1CCN(c2ccc(F)cc2)CC1. The van der Waals surface area contributed by atoms with Crippen LogP contribution >= 0.6 is 11.8 Å². The number of carbonyl (C=O) groups excluding carboxylic acids is 1. The first-order valence-corrected chi connectivity index (χ1v) is 10.8. The summed E-state index contributed by atoms with van der Waals surface area (Å²) in [4.78, 5) is 19.0. The number of nitrogens with zero attached hydrogens (tertiary/aromatic N) is 2. The number of benzene rings is 3. The lowest BCUT2D eigenvalue weighted by molar-refractivity contribution is -0.129. The van der Waals surface area contributed by atoms with Gasteiger partial charge in [0.1, 0.15) is 5.82 Å². The lowest BCUT2D eigenvalue weighted by Gasteiger charge is -2.36. The van der Waals surface area contributed by atoms with Crippen molar-refractivity contribution in [2.24, 2.45) is 0 Å². The number of halogens is 1. The first-order valence-electron chi connectivity index (χ1n) is 10.0. The van der Waals surface area contributed by atoms with Crippen molar-refractivity contribution in [3.63, 3.8) is 0 Å². The van der Waals surface area contributed by atoms with Crippen LogP contribution < -0.4 is 10.2 Å². The van der Waals surface area contributed by atoms with Crippen LogP contribution in [-0.2, 0) is 4.79 Å². The molecule has 4 rings (SSSR count). The molecule has 1 N–H and O–H groups in total. The lowest BCUT2D eigenvalue weighted by atomic mass is 10.2. The van der Waals surface area contributed by atoms with Gasteiger partial charge in [-0.05, 0) is 48.5 Å². The average Bonchev–Trinajstić information content (AvgIpc) is 2.80. The molecule has 1 fully saturated rings. The number of hydrogen-bond acceptors (Lipinski definition) is 4. The highest BCUT2D eigenvalue weighted by molar-refractivity contribution is 7.99. The van der Waals surface area contributed by atoms with Gasteiger partial charge in [-0.1, -0.05) is 42.1 Å². The summed E-state index contributed by atoms with van der Waals surface area (Å²) in [6.45, 7) is 3.09. The second kappa shape index (κ2) is 9.67. The zero-order valence-electron chi connectivity index (χ0n) is 16.6. The second-order valence-corrected chi connectivity index (χ2v) is 8.22. The molecule has 0 aromatic heterocycles. The smallest absolute Gasteiger partial charge is 0.241 e. The summed E-state index contributed by atoms with van der Waals surface area (Å²) in [5.74, 6) is -0.141. The summed E-state index contributed by atoms with van der Waals surface area (Å²) in [5, 5.41) is 3.31. The quantitative estimate of drug-likeness (QED) is 0.624. The molecule has 1 saturated heterocycles. The Balaban J connectivity index is 1.31. The van der Waals surface area contributed by atoms with Crippen LogP contribution in [0.15, 0.2) is 88.7 Å². The number of anilines is 2. The van der Waals surface area contributed by atoms with E-state index < -0.39 is 0 Å². The van der Waals surface area contributed by atoms with Crippen molar-refractivity contribution in [2.75, 3.05) is 42.9 Å². The van der Waals surface area contributed by atoms with E-state index in [1.54, 1.807) is 23.9 Å². The highest BCUT2D eigenvalue weighted by Crippen LogP contribution is 2.33. The molecule has 0 saturated carbocycles. The minimum absolute atomic E-state index is 0.0910. The van der Waals surface area contributed by atoms with Crippen LogP contribution in [0.5, 0.6) is 0 Å². The molecule has 1 amide bonds. The van der Waals surface area contributed by atoms with Crippen LogP contribution in [-0.4, -0.2) is 43.5 Å². The molecular formula is C24H24FN3OS. The first kappa shape index (κ1) is 20.3. The molecule has 1 aliphatic rings. The van der Waals surface area contributed by atoms with Crippen LogP contribution in [0.1, 0.15) is 0 Å². The molecule has 0 unspecified atom stereocenters. The average molecular weight is 422 g/mol. The lowest BCUT2D eigenvalue weighted by Crippen LogP contribution is -2.50. The fourth-order valence-electron chi connectivity index (χ4n) is 3.47. The number of hydrogen-bond donors (Lipinski definition) is 1. The minimum Gasteiger partial charge on any atom is -0.375 e. The van der Waals surface area contributed by atoms with Crippen molar-refractivity contribution in [1.29, 1.82) is 0 Å². The van der Waals surface area contributed by atoms with Gasteiger partial charge in [-0.3, -0.25) is 4.79 Å². The Labute approximate surface area is 180 Å². The minimum atomic E-state index is -0.232. The van der Waals surface area contributed by atoms with Crippen molar-refractivity contribution >= 4 is 29.0 Å². The Bertz CT molecular complexity index is 973. The third kappa shape index (κ3) is 5.13. The van der Waals surface area contributed by atoms with E-state index in [9.17, 15) is 9.18 Å². The predicted molar refractivity (Wildman–Crippen MR) is 121 cm³/mol. The van der Waals surface area contributed by atoms with E-state index in [4.69, 9.17) is 0 Å². The van der Waals surface area contributed by atoms with E-state index in [0.717, 1.165) is 34.3 Å². The Morgan fingerprint density at radius 2 is 1.53 bits per heavy atom. The summed E-state index contributed by atoms with van der Waals surface area (Å²) in [7, 11) is 0. The van der Waals surface area contributed by atoms with E-state index in [1.807, 2.05) is 41.3 Å². The van der Waals surface area contributed by atoms with Crippen LogP contribution in [0.3, 0.4) is 0 Å². The van der Waals surface area contributed by atoms with Gasteiger partial charge in [0.2, 0.25) is 5.91 Å². The molecule has 1 aliphatic heterocycles. The van der Waals surface area contributed by atoms with Crippen LogP contribution in [0.2, 0.25) is 0 Å². The summed E-state index contributed by atoms with van der Waals surface area (Å²) >= 11 is 1.68. The molecule has 0 bridgehead atoms. The maximum atomic E-state index is 13.1. The van der Waals surface area contributed by atoms with Crippen LogP contribution in [0.4, 0.5) is 15.8 Å². The third-order valence-corrected chi connectivity index (χ3v) is 6.20. The van der Waals surface area contributed by atoms with E-state index in [2.05, 4.69) is 28.4 Å². The first-order chi connectivity index (χ1) is 14.7. The fraction of sp³-hybridized carbons (Fsp3) is 0.208. The zero-order valence-corrected chi connectivity index (χ0v) is 17.4. The van der Waals surface area contributed by atoms with Gasteiger partial charge in [0.25, 0.3) is 0 Å². The summed E-state index contributed by atoms with van der Waals surface area (Å²) in [6.07, 6.45) is 0. The van der Waals surface area contributed by atoms with E-state index in [-0.39, 0.29) is 18.3 Å². The Morgan fingerprint density at radius 1 is 0.867 bits per heavy atom. The molecule has 3 aromatic carbocycles. The standard InChI is InChI=1S/C24H24FN3OS/c25-19-10-12-20(13-11-19)27-14-16-28(17-15-27)24(29)18-26-22-8-4-5-9-23(22)30-21-6-2-1-3-7-21/h1-13,26H,14-18H2. The maximum absolute atomic E-state index is 13.1. The van der Waals surface area contributed by atoms with Gasteiger partial charge < -0.3 is 15.1 Å². The van der Waals surface area contributed by atoms with Gasteiger partial charge >= 0.3 is 0 Å². The fourth-order valence-corrected chi connectivity index (χ4v) is 4.41. The number of piperazine rings is 1. The van der Waals surface area contributed by atoms with Gasteiger partial charge in [-0.2, -0.15) is 0 Å². The molecule has 6 heteroatoms. The van der Waals surface area contributed by atoms with Crippen LogP contribution in [0.25, 0.3) is 0 Å². The Morgan fingerprint density at radius 3 is 2.27 bits per heavy atom. The van der Waals surface area contributed by atoms with Gasteiger partial charge in [0.05, 0.1) is 6.54 Å². The number of amides is 1. The van der Waals surface area contributed by atoms with Gasteiger partial charge in [-0.15, -0.1) is 0 Å². The van der Waals surface area contributed by atoms with E-state index in [1.165, 1.54) is 12.1 Å². The van der Waals surface area contributed by atoms with Crippen molar-refractivity contribution < 1.29 is 9.18 Å². The molecule has 0 spiro atoms. The third-order valence-electron chi connectivity index (χ3n) is 5.11. The van der Waals surface area contributed by atoms with Crippen molar-refractivity contribution in [2.45, 2.75) is 9.79 Å². The van der Waals surface area contributed by atoms with Gasteiger partial charge in [-0.25, -0.2) is 4.39 Å². The van der Waals surface area contributed by atoms with Gasteiger partial charge in [0, 0.05) is 47.3 Å². The number of nitrogens with one attached hydrogen (secondary N) is 1. The van der Waals surface area contributed by atoms with E-state index in [0.29, 0.717) is 13.1 Å². The highest BCUT2D eigenvalue weighted by Gasteiger charge is 2.21. The molecular weight excluding hydrogens is 397 g/mol. The number of carbonyl (C=O) groups is 1. The van der Waals surface area contributed by atoms with Crippen molar-refractivity contribution in [3.05, 3.63) is 84.7 Å². The molecule has 1 heterocycles. The van der Waals surface area contributed by atoms with Gasteiger partial charge in [0.15, 0.2) is 0 Å². The maximum Gasteiger partial charge on any atom is 0.241 e. The molecule has 4 nitrogen and oxygen atoms in total. The molecule has 154 valence electrons. The molecule has 0 radical (unpaired) electrons. The number of rotatable bonds is 6. The summed E-state index contributed by atoms with van der Waals surface area (Å²) in [5.41, 5.74) is 1.96. The second-order valence-electron chi connectivity index (χ2n) is 7.11. The molecule has 30 heavy (non-hydrogen) atoms. The predicted octanol–water partition coefficient (Wildman–Crippen LogP) is 4.74. The molecule has 0 aliphatic carbocycles. The normalized spacial score (nSPS) is 13.9. The summed E-state index contributed by atoms with van der Waals surface area (Å²) in [6, 6.07) is 24.8.